The number of aryl methyl sites for hydroxylation is 1. The van der Waals surface area contributed by atoms with E-state index >= 15 is 0 Å². The van der Waals surface area contributed by atoms with E-state index in [2.05, 4.69) is 5.32 Å². The lowest BCUT2D eigenvalue weighted by atomic mass is 9.96. The van der Waals surface area contributed by atoms with Gasteiger partial charge in [0.2, 0.25) is 5.91 Å². The Balaban J connectivity index is 1.74. The van der Waals surface area contributed by atoms with Gasteiger partial charge in [0.15, 0.2) is 0 Å². The van der Waals surface area contributed by atoms with Crippen LogP contribution in [0, 0.1) is 12.7 Å². The van der Waals surface area contributed by atoms with Crippen LogP contribution in [0.25, 0.3) is 27.7 Å². The summed E-state index contributed by atoms with van der Waals surface area (Å²) < 4.78 is 24.9. The summed E-state index contributed by atoms with van der Waals surface area (Å²) in [4.78, 5) is 12.6. The minimum Gasteiger partial charge on any atom is -0.496 e. The zero-order valence-electron chi connectivity index (χ0n) is 17.8. The molecule has 1 heterocycles. The van der Waals surface area contributed by atoms with Gasteiger partial charge in [-0.15, -0.1) is 0 Å². The molecule has 0 radical (unpaired) electrons. The van der Waals surface area contributed by atoms with E-state index in [0.717, 1.165) is 33.2 Å². The molecule has 0 saturated heterocycles. The highest BCUT2D eigenvalue weighted by molar-refractivity contribution is 6.31. The number of amides is 1. The standard InChI is InChI=1S/C26H21ClFNO3/c1-15(11-24(30)29-18-9-10-23(28)22(27)12-18)19-13-20-21(17-7-5-4-6-8-17)14-32-26(20)16(2)25(19)31-3/h4-14H,1-3H3,(H,29,30)/b15-11+. The molecule has 0 unspecified atom stereocenters. The highest BCUT2D eigenvalue weighted by atomic mass is 35.5. The van der Waals surface area contributed by atoms with Crippen LogP contribution in [0.1, 0.15) is 18.1 Å². The molecular weight excluding hydrogens is 429 g/mol. The number of nitrogens with one attached hydrogen (secondary N) is 1. The first-order chi connectivity index (χ1) is 15.4. The zero-order chi connectivity index (χ0) is 22.8. The SMILES string of the molecule is COc1c(/C(C)=C/C(=O)Nc2ccc(F)c(Cl)c2)cc2c(-c3ccccc3)coc2c1C. The third-order valence-electron chi connectivity index (χ3n) is 5.29. The summed E-state index contributed by atoms with van der Waals surface area (Å²) in [5.74, 6) is -0.266. The number of furan rings is 1. The van der Waals surface area contributed by atoms with Gasteiger partial charge in [-0.1, -0.05) is 41.9 Å². The zero-order valence-corrected chi connectivity index (χ0v) is 18.6. The minimum atomic E-state index is -0.542. The average Bonchev–Trinajstić information content (AvgIpc) is 3.21. The van der Waals surface area contributed by atoms with Crippen LogP contribution in [0.4, 0.5) is 10.1 Å². The fourth-order valence-electron chi connectivity index (χ4n) is 3.74. The molecule has 6 heteroatoms. The van der Waals surface area contributed by atoms with Crippen molar-refractivity contribution in [1.29, 1.82) is 0 Å². The molecule has 4 rings (SSSR count). The molecule has 0 aliphatic carbocycles. The number of hydrogen-bond donors (Lipinski definition) is 1. The van der Waals surface area contributed by atoms with Gasteiger partial charge in [0.1, 0.15) is 17.1 Å². The van der Waals surface area contributed by atoms with Crippen molar-refractivity contribution in [1.82, 2.24) is 0 Å². The number of halogens is 2. The van der Waals surface area contributed by atoms with Crippen LogP contribution in [0.15, 0.2) is 71.4 Å². The molecule has 1 N–H and O–H groups in total. The van der Waals surface area contributed by atoms with E-state index < -0.39 is 5.82 Å². The molecule has 3 aromatic carbocycles. The van der Waals surface area contributed by atoms with Gasteiger partial charge in [-0.05, 0) is 49.2 Å². The summed E-state index contributed by atoms with van der Waals surface area (Å²) in [5, 5.41) is 3.58. The molecule has 0 atom stereocenters. The van der Waals surface area contributed by atoms with E-state index in [1.807, 2.05) is 50.2 Å². The number of carbonyl (C=O) groups is 1. The highest BCUT2D eigenvalue weighted by Gasteiger charge is 2.18. The molecule has 0 saturated carbocycles. The van der Waals surface area contributed by atoms with Crippen LogP contribution in [-0.4, -0.2) is 13.0 Å². The smallest absolute Gasteiger partial charge is 0.248 e. The first-order valence-electron chi connectivity index (χ1n) is 9.98. The van der Waals surface area contributed by atoms with Crippen molar-refractivity contribution in [2.45, 2.75) is 13.8 Å². The Morgan fingerprint density at radius 3 is 2.59 bits per heavy atom. The summed E-state index contributed by atoms with van der Waals surface area (Å²) in [6.45, 7) is 3.76. The number of carbonyl (C=O) groups excluding carboxylic acids is 1. The van der Waals surface area contributed by atoms with Gasteiger partial charge in [-0.3, -0.25) is 4.79 Å². The molecule has 1 amide bonds. The lowest BCUT2D eigenvalue weighted by Crippen LogP contribution is -2.09. The van der Waals surface area contributed by atoms with E-state index in [0.29, 0.717) is 17.0 Å². The second kappa shape index (κ2) is 8.89. The summed E-state index contributed by atoms with van der Waals surface area (Å²) in [6.07, 6.45) is 3.21. The number of ether oxygens (including phenoxy) is 1. The number of allylic oxidation sites excluding steroid dienone is 1. The van der Waals surface area contributed by atoms with Gasteiger partial charge < -0.3 is 14.5 Å². The maximum absolute atomic E-state index is 13.4. The van der Waals surface area contributed by atoms with Crippen molar-refractivity contribution < 1.29 is 18.3 Å². The first-order valence-corrected chi connectivity index (χ1v) is 10.4. The minimum absolute atomic E-state index is 0.0559. The average molecular weight is 450 g/mol. The predicted octanol–water partition coefficient (Wildman–Crippen LogP) is 7.25. The lowest BCUT2D eigenvalue weighted by molar-refractivity contribution is -0.111. The van der Waals surface area contributed by atoms with Crippen molar-refractivity contribution in [3.63, 3.8) is 0 Å². The van der Waals surface area contributed by atoms with Crippen LogP contribution in [-0.2, 0) is 4.79 Å². The van der Waals surface area contributed by atoms with Crippen molar-refractivity contribution in [2.24, 2.45) is 0 Å². The van der Waals surface area contributed by atoms with E-state index in [-0.39, 0.29) is 10.9 Å². The molecule has 0 aliphatic heterocycles. The quantitative estimate of drug-likeness (QED) is 0.326. The molecule has 162 valence electrons. The molecule has 1 aromatic heterocycles. The van der Waals surface area contributed by atoms with Crippen molar-refractivity contribution in [2.75, 3.05) is 12.4 Å². The van der Waals surface area contributed by atoms with Crippen molar-refractivity contribution in [3.05, 3.63) is 88.9 Å². The Labute approximate surface area is 190 Å². The Morgan fingerprint density at radius 1 is 1.16 bits per heavy atom. The molecule has 4 aromatic rings. The van der Waals surface area contributed by atoms with E-state index in [1.165, 1.54) is 24.3 Å². The summed E-state index contributed by atoms with van der Waals surface area (Å²) in [6, 6.07) is 16.0. The lowest BCUT2D eigenvalue weighted by Gasteiger charge is -2.13. The Hall–Kier alpha value is -3.57. The maximum atomic E-state index is 13.4. The molecule has 0 aliphatic rings. The topological polar surface area (TPSA) is 51.5 Å². The number of benzene rings is 3. The summed E-state index contributed by atoms with van der Waals surface area (Å²) in [5.41, 5.74) is 5.48. The Morgan fingerprint density at radius 2 is 1.91 bits per heavy atom. The van der Waals surface area contributed by atoms with E-state index in [9.17, 15) is 9.18 Å². The molecule has 0 bridgehead atoms. The van der Waals surface area contributed by atoms with E-state index in [4.69, 9.17) is 20.8 Å². The number of anilines is 1. The number of hydrogen-bond acceptors (Lipinski definition) is 3. The second-order valence-electron chi connectivity index (χ2n) is 7.42. The van der Waals surface area contributed by atoms with Gasteiger partial charge in [0.25, 0.3) is 0 Å². The van der Waals surface area contributed by atoms with Crippen LogP contribution in [0.3, 0.4) is 0 Å². The molecule has 0 spiro atoms. The van der Waals surface area contributed by atoms with Crippen LogP contribution in [0.2, 0.25) is 5.02 Å². The number of methoxy groups -OCH3 is 1. The fraction of sp³-hybridized carbons (Fsp3) is 0.115. The Kier molecular flexibility index (Phi) is 6.01. The van der Waals surface area contributed by atoms with E-state index in [1.54, 1.807) is 13.4 Å². The van der Waals surface area contributed by atoms with Crippen LogP contribution in [0.5, 0.6) is 5.75 Å². The predicted molar refractivity (Wildman–Crippen MR) is 127 cm³/mol. The number of rotatable bonds is 5. The van der Waals surface area contributed by atoms with Crippen LogP contribution >= 0.6 is 11.6 Å². The Bertz CT molecular complexity index is 1340. The third-order valence-corrected chi connectivity index (χ3v) is 5.58. The highest BCUT2D eigenvalue weighted by Crippen LogP contribution is 2.40. The second-order valence-corrected chi connectivity index (χ2v) is 7.83. The molecule has 32 heavy (non-hydrogen) atoms. The van der Waals surface area contributed by atoms with Crippen LogP contribution < -0.4 is 10.1 Å². The van der Waals surface area contributed by atoms with Gasteiger partial charge in [-0.2, -0.15) is 0 Å². The van der Waals surface area contributed by atoms with Crippen molar-refractivity contribution in [3.8, 4) is 16.9 Å². The molecular formula is C26H21ClFNO3. The number of fused-ring (bicyclic) bond motifs is 1. The summed E-state index contributed by atoms with van der Waals surface area (Å²) >= 11 is 5.80. The van der Waals surface area contributed by atoms with Gasteiger partial charge in [-0.25, -0.2) is 4.39 Å². The maximum Gasteiger partial charge on any atom is 0.248 e. The van der Waals surface area contributed by atoms with Gasteiger partial charge in [0, 0.05) is 33.8 Å². The monoisotopic (exact) mass is 449 g/mol. The third kappa shape index (κ3) is 4.12. The summed E-state index contributed by atoms with van der Waals surface area (Å²) in [7, 11) is 1.59. The molecule has 0 fully saturated rings. The molecule has 4 nitrogen and oxygen atoms in total. The largest absolute Gasteiger partial charge is 0.496 e. The normalized spacial score (nSPS) is 11.6. The fourth-order valence-corrected chi connectivity index (χ4v) is 3.92. The van der Waals surface area contributed by atoms with Gasteiger partial charge >= 0.3 is 0 Å². The first kappa shape index (κ1) is 21.7. The van der Waals surface area contributed by atoms with Gasteiger partial charge in [0.05, 0.1) is 18.4 Å². The van der Waals surface area contributed by atoms with Crippen molar-refractivity contribution >= 4 is 39.7 Å².